The van der Waals surface area contributed by atoms with E-state index in [0.29, 0.717) is 40.2 Å². The summed E-state index contributed by atoms with van der Waals surface area (Å²) in [5.41, 5.74) is 3.12. The SMILES string of the molecule is Cl.O=C(Nc1ccccc1)c1cccc(C(=O)N2CCC(F)(F)C(=CCN3CCCC3)c3ccccc32)c1-c1ccccc1. The molecule has 8 heteroatoms. The number of hydrogen-bond acceptors (Lipinski definition) is 3. The Bertz CT molecular complexity index is 1650. The summed E-state index contributed by atoms with van der Waals surface area (Å²) in [6.45, 7) is 2.08. The van der Waals surface area contributed by atoms with Gasteiger partial charge in [0.2, 0.25) is 0 Å². The molecule has 0 radical (unpaired) electrons. The number of hydrogen-bond donors (Lipinski definition) is 1. The van der Waals surface area contributed by atoms with Crippen molar-refractivity contribution in [2.75, 3.05) is 36.4 Å². The van der Waals surface area contributed by atoms with E-state index in [2.05, 4.69) is 10.2 Å². The van der Waals surface area contributed by atoms with Crippen LogP contribution in [-0.2, 0) is 0 Å². The molecule has 1 N–H and O–H groups in total. The van der Waals surface area contributed by atoms with Crippen molar-refractivity contribution in [3.8, 4) is 11.1 Å². The van der Waals surface area contributed by atoms with Gasteiger partial charge in [-0.1, -0.05) is 78.9 Å². The molecule has 1 saturated heterocycles. The number of nitrogens with zero attached hydrogens (tertiary/aromatic N) is 2. The number of alkyl halides is 2. The molecule has 0 aromatic heterocycles. The van der Waals surface area contributed by atoms with Crippen LogP contribution in [0.5, 0.6) is 0 Å². The van der Waals surface area contributed by atoms with Crippen LogP contribution in [0.3, 0.4) is 0 Å². The van der Waals surface area contributed by atoms with Crippen LogP contribution >= 0.6 is 12.4 Å². The molecular weight excluding hydrogens is 580 g/mol. The number of benzene rings is 4. The Labute approximate surface area is 262 Å². The molecule has 2 aliphatic heterocycles. The van der Waals surface area contributed by atoms with Gasteiger partial charge in [0.15, 0.2) is 0 Å². The molecule has 2 aliphatic rings. The zero-order valence-electron chi connectivity index (χ0n) is 24.2. The van der Waals surface area contributed by atoms with Gasteiger partial charge in [0.25, 0.3) is 17.7 Å². The Morgan fingerprint density at radius 1 is 0.773 bits per heavy atom. The third-order valence-corrected chi connectivity index (χ3v) is 8.16. The summed E-state index contributed by atoms with van der Waals surface area (Å²) in [5.74, 6) is -3.91. The summed E-state index contributed by atoms with van der Waals surface area (Å²) >= 11 is 0. The zero-order chi connectivity index (χ0) is 29.8. The van der Waals surface area contributed by atoms with Gasteiger partial charge < -0.3 is 10.2 Å². The van der Waals surface area contributed by atoms with Crippen molar-refractivity contribution in [2.45, 2.75) is 25.2 Å². The second-order valence-corrected chi connectivity index (χ2v) is 11.0. The van der Waals surface area contributed by atoms with Crippen LogP contribution in [0.4, 0.5) is 20.2 Å². The van der Waals surface area contributed by atoms with Gasteiger partial charge in [-0.05, 0) is 61.8 Å². The number of likely N-dealkylation sites (tertiary alicyclic amines) is 1. The first-order chi connectivity index (χ1) is 20.9. The minimum absolute atomic E-state index is 0. The molecule has 44 heavy (non-hydrogen) atoms. The van der Waals surface area contributed by atoms with Gasteiger partial charge in [0, 0.05) is 53.0 Å². The van der Waals surface area contributed by atoms with Gasteiger partial charge in [-0.2, -0.15) is 0 Å². The van der Waals surface area contributed by atoms with Crippen molar-refractivity contribution in [2.24, 2.45) is 0 Å². The van der Waals surface area contributed by atoms with Crippen LogP contribution in [0.25, 0.3) is 16.7 Å². The second-order valence-electron chi connectivity index (χ2n) is 11.0. The Kier molecular flexibility index (Phi) is 9.57. The predicted octanol–water partition coefficient (Wildman–Crippen LogP) is 8.19. The molecular formula is C36H34ClF2N3O2. The van der Waals surface area contributed by atoms with Crippen molar-refractivity contribution in [3.63, 3.8) is 0 Å². The molecule has 0 atom stereocenters. The highest BCUT2D eigenvalue weighted by Gasteiger charge is 2.41. The summed E-state index contributed by atoms with van der Waals surface area (Å²) in [6.07, 6.45) is 3.28. The molecule has 6 rings (SSSR count). The van der Waals surface area contributed by atoms with Crippen LogP contribution < -0.4 is 10.2 Å². The van der Waals surface area contributed by atoms with E-state index in [1.54, 1.807) is 60.7 Å². The summed E-state index contributed by atoms with van der Waals surface area (Å²) in [5, 5.41) is 2.92. The molecule has 0 unspecified atom stereocenters. The molecule has 5 nitrogen and oxygen atoms in total. The molecule has 0 saturated carbocycles. The van der Waals surface area contributed by atoms with Crippen molar-refractivity contribution in [1.29, 1.82) is 0 Å². The Hall–Kier alpha value is -4.33. The second kappa shape index (κ2) is 13.5. The maximum Gasteiger partial charge on any atom is 0.275 e. The van der Waals surface area contributed by atoms with Crippen LogP contribution in [0.2, 0.25) is 0 Å². The third kappa shape index (κ3) is 6.44. The zero-order valence-corrected chi connectivity index (χ0v) is 25.0. The van der Waals surface area contributed by atoms with E-state index in [9.17, 15) is 9.59 Å². The number of anilines is 2. The molecule has 226 valence electrons. The Balaban J connectivity index is 0.00000384. The third-order valence-electron chi connectivity index (χ3n) is 8.16. The van der Waals surface area contributed by atoms with Gasteiger partial charge in [-0.25, -0.2) is 8.78 Å². The minimum atomic E-state index is -3.11. The average molecular weight is 614 g/mol. The number of carbonyl (C=O) groups excluding carboxylic acids is 2. The number of para-hydroxylation sites is 2. The van der Waals surface area contributed by atoms with Crippen LogP contribution in [0, 0.1) is 0 Å². The van der Waals surface area contributed by atoms with E-state index in [1.807, 2.05) is 48.5 Å². The van der Waals surface area contributed by atoms with Crippen LogP contribution in [0.15, 0.2) is 109 Å². The maximum atomic E-state index is 15.8. The number of carbonyl (C=O) groups is 2. The lowest BCUT2D eigenvalue weighted by Gasteiger charge is -2.25. The van der Waals surface area contributed by atoms with Gasteiger partial charge in [-0.15, -0.1) is 12.4 Å². The van der Waals surface area contributed by atoms with Gasteiger partial charge in [-0.3, -0.25) is 14.5 Å². The van der Waals surface area contributed by atoms with E-state index in [4.69, 9.17) is 0 Å². The molecule has 2 heterocycles. The molecule has 0 spiro atoms. The molecule has 0 bridgehead atoms. The first-order valence-electron chi connectivity index (χ1n) is 14.7. The highest BCUT2D eigenvalue weighted by atomic mass is 35.5. The van der Waals surface area contributed by atoms with E-state index in [0.717, 1.165) is 25.9 Å². The smallest absolute Gasteiger partial charge is 0.275 e. The first kappa shape index (κ1) is 31.1. The van der Waals surface area contributed by atoms with Crippen LogP contribution in [0.1, 0.15) is 45.5 Å². The highest BCUT2D eigenvalue weighted by molar-refractivity contribution is 6.17. The Morgan fingerprint density at radius 3 is 2.14 bits per heavy atom. The number of halogens is 3. The average Bonchev–Trinajstić information content (AvgIpc) is 3.52. The largest absolute Gasteiger partial charge is 0.322 e. The normalized spacial score (nSPS) is 17.0. The number of fused-ring (bicyclic) bond motifs is 1. The molecule has 4 aromatic rings. The van der Waals surface area contributed by atoms with Crippen LogP contribution in [-0.4, -0.2) is 48.8 Å². The highest BCUT2D eigenvalue weighted by Crippen LogP contribution is 2.44. The molecule has 4 aromatic carbocycles. The molecule has 1 fully saturated rings. The van der Waals surface area contributed by atoms with E-state index >= 15 is 8.78 Å². The van der Waals surface area contributed by atoms with Gasteiger partial charge >= 0.3 is 0 Å². The fourth-order valence-corrected chi connectivity index (χ4v) is 6.00. The monoisotopic (exact) mass is 613 g/mol. The van der Waals surface area contributed by atoms with E-state index in [-0.39, 0.29) is 36.0 Å². The lowest BCUT2D eigenvalue weighted by molar-refractivity contribution is 0.0598. The summed E-state index contributed by atoms with van der Waals surface area (Å²) in [4.78, 5) is 31.6. The van der Waals surface area contributed by atoms with Crippen molar-refractivity contribution in [3.05, 3.63) is 126 Å². The lowest BCUT2D eigenvalue weighted by atomic mass is 9.92. The van der Waals surface area contributed by atoms with Gasteiger partial charge in [0.05, 0.1) is 5.69 Å². The predicted molar refractivity (Wildman–Crippen MR) is 175 cm³/mol. The van der Waals surface area contributed by atoms with E-state index < -0.39 is 18.3 Å². The molecule has 0 aliphatic carbocycles. The number of nitrogens with one attached hydrogen (secondary N) is 1. The summed E-state index contributed by atoms with van der Waals surface area (Å²) < 4.78 is 31.5. The van der Waals surface area contributed by atoms with Crippen molar-refractivity contribution in [1.82, 2.24) is 4.90 Å². The molecule has 2 amide bonds. The first-order valence-corrected chi connectivity index (χ1v) is 14.7. The lowest BCUT2D eigenvalue weighted by Crippen LogP contribution is -2.34. The number of amides is 2. The van der Waals surface area contributed by atoms with Gasteiger partial charge in [0.1, 0.15) is 0 Å². The number of allylic oxidation sites excluding steroid dienone is 1. The fraction of sp³-hybridized carbons (Fsp3) is 0.222. The Morgan fingerprint density at radius 2 is 1.41 bits per heavy atom. The van der Waals surface area contributed by atoms with Crippen molar-refractivity contribution >= 4 is 41.2 Å². The standard InChI is InChI=1S/C36H33F2N3O2.ClH/c37-36(38)21-25-41(32-19-8-7-16-28(32)31(36)20-24-40-22-9-10-23-40)35(43)30-18-11-17-29(33(30)26-12-3-1-4-13-26)34(42)39-27-14-5-2-6-15-27;/h1-8,11-20H,9-10,21-25H2,(H,39,42);1H. The van der Waals surface area contributed by atoms with Crippen molar-refractivity contribution < 1.29 is 18.4 Å². The summed E-state index contributed by atoms with van der Waals surface area (Å²) in [7, 11) is 0. The fourth-order valence-electron chi connectivity index (χ4n) is 6.00. The maximum absolute atomic E-state index is 15.8. The minimum Gasteiger partial charge on any atom is -0.322 e. The summed E-state index contributed by atoms with van der Waals surface area (Å²) in [6, 6.07) is 30.2. The number of rotatable bonds is 6. The quantitative estimate of drug-likeness (QED) is 0.239. The van der Waals surface area contributed by atoms with E-state index in [1.165, 1.54) is 4.90 Å². The topological polar surface area (TPSA) is 52.7 Å².